The molecule has 6 heteroatoms. The third-order valence-electron chi connectivity index (χ3n) is 2.04. The number of nitrogens with zero attached hydrogens (tertiary/aromatic N) is 2. The Hall–Kier alpha value is -0.630. The maximum Gasteiger partial charge on any atom is 0.265 e. The van der Waals surface area contributed by atoms with E-state index in [2.05, 4.69) is 31.1 Å². The molecule has 0 rings (SSSR count). The lowest BCUT2D eigenvalue weighted by atomic mass is 10.3. The number of rotatable bonds is 7. The summed E-state index contributed by atoms with van der Waals surface area (Å²) in [6.07, 6.45) is 3.62. The van der Waals surface area contributed by atoms with Crippen molar-refractivity contribution in [1.82, 2.24) is 5.32 Å². The standard InChI is InChI=1S/C10H19N3O2.HI/c1-4-7-13(2,3)8-5-6-11-10(14)9-12-15;/h4,9H,1,5-8H2,2-3H3,(H-,11,14,15);1H. The quantitative estimate of drug-likeness (QED) is 0.100. The normalized spacial score (nSPS) is 10.9. The minimum atomic E-state index is -0.369. The van der Waals surface area contributed by atoms with Crippen LogP contribution in [0.15, 0.2) is 17.8 Å². The number of amides is 1. The van der Waals surface area contributed by atoms with Crippen LogP contribution in [0.1, 0.15) is 6.42 Å². The number of quaternary nitrogens is 1. The van der Waals surface area contributed by atoms with E-state index in [9.17, 15) is 4.79 Å². The van der Waals surface area contributed by atoms with Crippen molar-refractivity contribution in [3.05, 3.63) is 12.7 Å². The summed E-state index contributed by atoms with van der Waals surface area (Å²) >= 11 is 0. The highest BCUT2D eigenvalue weighted by Gasteiger charge is 2.11. The van der Waals surface area contributed by atoms with E-state index in [0.29, 0.717) is 6.54 Å². The van der Waals surface area contributed by atoms with Crippen LogP contribution in [0.5, 0.6) is 0 Å². The first-order chi connectivity index (χ1) is 7.02. The topological polar surface area (TPSA) is 61.7 Å². The summed E-state index contributed by atoms with van der Waals surface area (Å²) in [7, 11) is 4.22. The summed E-state index contributed by atoms with van der Waals surface area (Å²) in [4.78, 5) is 10.9. The van der Waals surface area contributed by atoms with E-state index < -0.39 is 0 Å². The first-order valence-electron chi connectivity index (χ1n) is 4.90. The average Bonchev–Trinajstić information content (AvgIpc) is 2.13. The molecule has 0 spiro atoms. The van der Waals surface area contributed by atoms with Crippen LogP contribution in [0.4, 0.5) is 0 Å². The lowest BCUT2D eigenvalue weighted by Crippen LogP contribution is -3.00. The molecule has 0 saturated carbocycles. The Morgan fingerprint density at radius 2 is 2.19 bits per heavy atom. The number of hydrogen-bond acceptors (Lipinski definition) is 3. The van der Waals surface area contributed by atoms with Crippen molar-refractivity contribution in [2.75, 3.05) is 33.7 Å². The van der Waals surface area contributed by atoms with Crippen LogP contribution in [-0.4, -0.2) is 55.5 Å². The minimum Gasteiger partial charge on any atom is -1.00 e. The molecule has 5 nitrogen and oxygen atoms in total. The molecule has 0 aliphatic heterocycles. The highest BCUT2D eigenvalue weighted by Crippen LogP contribution is 1.98. The van der Waals surface area contributed by atoms with Gasteiger partial charge in [-0.3, -0.25) is 4.79 Å². The van der Waals surface area contributed by atoms with Gasteiger partial charge in [0, 0.05) is 13.0 Å². The molecule has 1 amide bonds. The van der Waals surface area contributed by atoms with E-state index in [-0.39, 0.29) is 29.9 Å². The molecule has 0 atom stereocenters. The van der Waals surface area contributed by atoms with Crippen LogP contribution in [0, 0.1) is 0 Å². The number of halogens is 1. The van der Waals surface area contributed by atoms with Gasteiger partial charge in [-0.1, -0.05) is 11.7 Å². The molecule has 16 heavy (non-hydrogen) atoms. The van der Waals surface area contributed by atoms with Gasteiger partial charge in [-0.15, -0.1) is 0 Å². The minimum absolute atomic E-state index is 0. The maximum atomic E-state index is 10.9. The number of carbonyl (C=O) groups is 1. The smallest absolute Gasteiger partial charge is 0.265 e. The molecule has 0 saturated heterocycles. The maximum absolute atomic E-state index is 10.9. The molecule has 0 aromatic rings. The lowest BCUT2D eigenvalue weighted by molar-refractivity contribution is -0.884. The van der Waals surface area contributed by atoms with Gasteiger partial charge in [0.05, 0.1) is 27.2 Å². The Kier molecular flexibility index (Phi) is 10.6. The molecule has 0 aliphatic carbocycles. The van der Waals surface area contributed by atoms with Gasteiger partial charge in [-0.05, 0) is 6.08 Å². The van der Waals surface area contributed by atoms with Crippen LogP contribution in [0.2, 0.25) is 0 Å². The van der Waals surface area contributed by atoms with E-state index >= 15 is 0 Å². The molecule has 0 heterocycles. The fraction of sp³-hybridized carbons (Fsp3) is 0.600. The molecule has 0 aliphatic rings. The zero-order chi connectivity index (χ0) is 11.7. The Labute approximate surface area is 114 Å². The van der Waals surface area contributed by atoms with Gasteiger partial charge < -0.3 is 39.0 Å². The second-order valence-corrected chi connectivity index (χ2v) is 4.02. The van der Waals surface area contributed by atoms with E-state index in [1.807, 2.05) is 6.08 Å². The average molecular weight is 341 g/mol. The summed E-state index contributed by atoms with van der Waals surface area (Å²) in [6, 6.07) is 0. The van der Waals surface area contributed by atoms with Crippen LogP contribution in [0.25, 0.3) is 0 Å². The molecule has 0 radical (unpaired) electrons. The SMILES string of the molecule is C=CC[N+](C)(C)CCCNC(=O)/C=N/O.[I-]. The summed E-state index contributed by atoms with van der Waals surface area (Å²) < 4.78 is 0.855. The molecule has 0 aromatic carbocycles. The van der Waals surface area contributed by atoms with E-state index in [4.69, 9.17) is 5.21 Å². The predicted molar refractivity (Wildman–Crippen MR) is 59.9 cm³/mol. The van der Waals surface area contributed by atoms with Crippen molar-refractivity contribution in [1.29, 1.82) is 0 Å². The van der Waals surface area contributed by atoms with Gasteiger partial charge in [0.25, 0.3) is 5.91 Å². The molecule has 0 aromatic heterocycles. The Bertz CT molecular complexity index is 242. The summed E-state index contributed by atoms with van der Waals surface area (Å²) in [5, 5.41) is 13.3. The third-order valence-corrected chi connectivity index (χ3v) is 2.04. The molecule has 0 unspecified atom stereocenters. The number of oxime groups is 1. The van der Waals surface area contributed by atoms with Crippen molar-refractivity contribution in [2.24, 2.45) is 5.16 Å². The number of carbonyl (C=O) groups excluding carboxylic acids is 1. The lowest BCUT2D eigenvalue weighted by Gasteiger charge is -2.28. The van der Waals surface area contributed by atoms with Gasteiger partial charge in [0.2, 0.25) is 0 Å². The third kappa shape index (κ3) is 9.91. The molecule has 94 valence electrons. The van der Waals surface area contributed by atoms with Crippen LogP contribution in [0.3, 0.4) is 0 Å². The second-order valence-electron chi connectivity index (χ2n) is 4.02. The van der Waals surface area contributed by atoms with E-state index in [0.717, 1.165) is 30.2 Å². The number of nitrogens with one attached hydrogen (secondary N) is 1. The number of likely N-dealkylation sites (N-methyl/N-ethyl adjacent to an activating group) is 1. The van der Waals surface area contributed by atoms with Crippen molar-refractivity contribution in [2.45, 2.75) is 6.42 Å². The first-order valence-corrected chi connectivity index (χ1v) is 4.90. The first kappa shape index (κ1) is 17.8. The summed E-state index contributed by atoms with van der Waals surface area (Å²) in [5.41, 5.74) is 0. The Balaban J connectivity index is 0. The molecule has 2 N–H and O–H groups in total. The zero-order valence-corrected chi connectivity index (χ0v) is 12.0. The summed E-state index contributed by atoms with van der Waals surface area (Å²) in [6.45, 7) is 6.15. The zero-order valence-electron chi connectivity index (χ0n) is 9.82. The molecular weight excluding hydrogens is 321 g/mol. The van der Waals surface area contributed by atoms with Gasteiger partial charge in [0.1, 0.15) is 6.21 Å². The largest absolute Gasteiger partial charge is 1.00 e. The van der Waals surface area contributed by atoms with Gasteiger partial charge in [-0.25, -0.2) is 0 Å². The molecule has 0 fully saturated rings. The van der Waals surface area contributed by atoms with Crippen molar-refractivity contribution in [3.63, 3.8) is 0 Å². The summed E-state index contributed by atoms with van der Waals surface area (Å²) in [5.74, 6) is -0.369. The van der Waals surface area contributed by atoms with E-state index in [1.54, 1.807) is 0 Å². The van der Waals surface area contributed by atoms with Crippen LogP contribution in [-0.2, 0) is 4.79 Å². The van der Waals surface area contributed by atoms with Gasteiger partial charge in [0.15, 0.2) is 0 Å². The fourth-order valence-corrected chi connectivity index (χ4v) is 1.26. The van der Waals surface area contributed by atoms with Gasteiger partial charge in [-0.2, -0.15) is 0 Å². The fourth-order valence-electron chi connectivity index (χ4n) is 1.26. The molecule has 0 bridgehead atoms. The number of hydrogen-bond donors (Lipinski definition) is 2. The highest BCUT2D eigenvalue weighted by molar-refractivity contribution is 6.25. The van der Waals surface area contributed by atoms with Crippen molar-refractivity contribution in [3.8, 4) is 0 Å². The molecular formula is C10H20IN3O2. The monoisotopic (exact) mass is 341 g/mol. The van der Waals surface area contributed by atoms with Crippen LogP contribution < -0.4 is 29.3 Å². The Morgan fingerprint density at radius 3 is 2.69 bits per heavy atom. The Morgan fingerprint density at radius 1 is 1.56 bits per heavy atom. The predicted octanol–water partition coefficient (Wildman–Crippen LogP) is -2.78. The highest BCUT2D eigenvalue weighted by atomic mass is 127. The second kappa shape index (κ2) is 9.59. The van der Waals surface area contributed by atoms with Crippen molar-refractivity contribution < 1.29 is 38.5 Å². The van der Waals surface area contributed by atoms with E-state index in [1.165, 1.54) is 0 Å². The van der Waals surface area contributed by atoms with Gasteiger partial charge >= 0.3 is 0 Å². The van der Waals surface area contributed by atoms with Crippen LogP contribution >= 0.6 is 0 Å². The van der Waals surface area contributed by atoms with Crippen molar-refractivity contribution >= 4 is 12.1 Å².